The number of carbonyl (C=O) groups excluding carboxylic acids is 2. The highest BCUT2D eigenvalue weighted by Crippen LogP contribution is 2.25. The molecule has 1 atom stereocenters. The third-order valence-electron chi connectivity index (χ3n) is 5.93. The van der Waals surface area contributed by atoms with Gasteiger partial charge >= 0.3 is 0 Å². The second-order valence-corrected chi connectivity index (χ2v) is 11.6. The van der Waals surface area contributed by atoms with Crippen LogP contribution in [0.1, 0.15) is 25.0 Å². The molecule has 1 N–H and O–H groups in total. The highest BCUT2D eigenvalue weighted by atomic mass is 35.5. The summed E-state index contributed by atoms with van der Waals surface area (Å²) in [5.74, 6) is -0.400. The first-order chi connectivity index (χ1) is 18.5. The number of anilines is 1. The number of hydrogen-bond acceptors (Lipinski definition) is 5. The molecule has 0 fully saturated rings. The van der Waals surface area contributed by atoms with E-state index in [9.17, 15) is 18.0 Å². The lowest BCUT2D eigenvalue weighted by molar-refractivity contribution is -0.139. The second kappa shape index (κ2) is 13.7. The minimum atomic E-state index is -3.86. The first-order valence-electron chi connectivity index (χ1n) is 12.2. The van der Waals surface area contributed by atoms with E-state index in [4.69, 9.17) is 27.9 Å². The van der Waals surface area contributed by atoms with Crippen molar-refractivity contribution in [2.24, 2.45) is 0 Å². The van der Waals surface area contributed by atoms with Gasteiger partial charge in [0.05, 0.1) is 11.9 Å². The van der Waals surface area contributed by atoms with Crippen molar-refractivity contribution in [3.05, 3.63) is 94.0 Å². The van der Waals surface area contributed by atoms with Gasteiger partial charge in [-0.1, -0.05) is 59.6 Å². The van der Waals surface area contributed by atoms with Gasteiger partial charge in [-0.3, -0.25) is 13.9 Å². The SMILES string of the molecule is CCNC(=O)[C@H](C)N(Cc1ccc(Cl)cc1Cl)C(=O)CN(c1ccc(OCc2ccccc2)cc1)S(C)(=O)=O. The number of rotatable bonds is 12. The van der Waals surface area contributed by atoms with Gasteiger partial charge in [0, 0.05) is 23.1 Å². The summed E-state index contributed by atoms with van der Waals surface area (Å²) in [5, 5.41) is 3.46. The van der Waals surface area contributed by atoms with Crippen molar-refractivity contribution in [2.45, 2.75) is 33.0 Å². The van der Waals surface area contributed by atoms with E-state index in [2.05, 4.69) is 5.32 Å². The largest absolute Gasteiger partial charge is 0.489 e. The Morgan fingerprint density at radius 1 is 1.00 bits per heavy atom. The predicted molar refractivity (Wildman–Crippen MR) is 155 cm³/mol. The number of hydrogen-bond donors (Lipinski definition) is 1. The van der Waals surface area contributed by atoms with Gasteiger partial charge in [-0.2, -0.15) is 0 Å². The number of likely N-dealkylation sites (N-methyl/N-ethyl adjacent to an activating group) is 1. The number of sulfonamides is 1. The van der Waals surface area contributed by atoms with Crippen LogP contribution in [0.5, 0.6) is 5.75 Å². The van der Waals surface area contributed by atoms with Gasteiger partial charge in [0.2, 0.25) is 21.8 Å². The molecule has 0 saturated heterocycles. The van der Waals surface area contributed by atoms with Crippen molar-refractivity contribution in [3.8, 4) is 5.75 Å². The molecule has 2 amide bonds. The Balaban J connectivity index is 1.83. The molecule has 0 aliphatic rings. The van der Waals surface area contributed by atoms with Crippen LogP contribution >= 0.6 is 23.2 Å². The molecule has 0 aromatic heterocycles. The van der Waals surface area contributed by atoms with Crippen LogP contribution in [-0.2, 0) is 32.8 Å². The number of nitrogens with one attached hydrogen (secondary N) is 1. The Hall–Kier alpha value is -3.27. The zero-order valence-corrected chi connectivity index (χ0v) is 24.3. The molecule has 11 heteroatoms. The monoisotopic (exact) mass is 591 g/mol. The van der Waals surface area contributed by atoms with Crippen LogP contribution in [0.3, 0.4) is 0 Å². The molecule has 208 valence electrons. The lowest BCUT2D eigenvalue weighted by atomic mass is 10.1. The maximum absolute atomic E-state index is 13.6. The molecule has 3 rings (SSSR count). The lowest BCUT2D eigenvalue weighted by Gasteiger charge is -2.31. The first-order valence-corrected chi connectivity index (χ1v) is 14.9. The van der Waals surface area contributed by atoms with Gasteiger partial charge in [-0.05, 0) is 61.4 Å². The molecule has 0 saturated carbocycles. The number of ether oxygens (including phenoxy) is 1. The molecule has 0 unspecified atom stereocenters. The standard InChI is InChI=1S/C28H31Cl2N3O5S/c1-4-31-28(35)20(2)32(17-22-10-11-23(29)16-26(22)30)27(34)18-33(39(3,36)37)24-12-14-25(15-13-24)38-19-21-8-6-5-7-9-21/h5-16,20H,4,17-19H2,1-3H3,(H,31,35)/t20-/m0/s1. The summed E-state index contributed by atoms with van der Waals surface area (Å²) >= 11 is 12.3. The van der Waals surface area contributed by atoms with Crippen LogP contribution in [0.25, 0.3) is 0 Å². The number of halogens is 2. The van der Waals surface area contributed by atoms with Crippen molar-refractivity contribution in [3.63, 3.8) is 0 Å². The molecule has 39 heavy (non-hydrogen) atoms. The molecular formula is C28H31Cl2N3O5S. The van der Waals surface area contributed by atoms with Crippen LogP contribution < -0.4 is 14.4 Å². The van der Waals surface area contributed by atoms with Crippen LogP contribution in [0.4, 0.5) is 5.69 Å². The predicted octanol–water partition coefficient (Wildman–Crippen LogP) is 4.89. The van der Waals surface area contributed by atoms with Crippen LogP contribution in [0.2, 0.25) is 10.0 Å². The van der Waals surface area contributed by atoms with E-state index in [0.29, 0.717) is 34.5 Å². The average Bonchev–Trinajstić information content (AvgIpc) is 2.90. The smallest absolute Gasteiger partial charge is 0.244 e. The van der Waals surface area contributed by atoms with E-state index in [0.717, 1.165) is 16.1 Å². The fourth-order valence-electron chi connectivity index (χ4n) is 3.80. The van der Waals surface area contributed by atoms with Crippen molar-refractivity contribution in [1.29, 1.82) is 0 Å². The Labute approximate surface area is 239 Å². The maximum Gasteiger partial charge on any atom is 0.244 e. The van der Waals surface area contributed by atoms with Gasteiger partial charge in [-0.25, -0.2) is 8.42 Å². The summed E-state index contributed by atoms with van der Waals surface area (Å²) in [6.07, 6.45) is 1.02. The molecule has 3 aromatic carbocycles. The van der Waals surface area contributed by atoms with E-state index in [-0.39, 0.29) is 18.1 Å². The summed E-state index contributed by atoms with van der Waals surface area (Å²) in [6.45, 7) is 3.55. The minimum absolute atomic E-state index is 0.0169. The molecule has 8 nitrogen and oxygen atoms in total. The first kappa shape index (κ1) is 30.3. The Morgan fingerprint density at radius 3 is 2.26 bits per heavy atom. The molecular weight excluding hydrogens is 561 g/mol. The Morgan fingerprint density at radius 2 is 1.67 bits per heavy atom. The quantitative estimate of drug-likeness (QED) is 0.323. The van der Waals surface area contributed by atoms with Gasteiger partial charge in [-0.15, -0.1) is 0 Å². The van der Waals surface area contributed by atoms with Gasteiger partial charge in [0.25, 0.3) is 0 Å². The van der Waals surface area contributed by atoms with Gasteiger partial charge in [0.1, 0.15) is 24.9 Å². The third-order valence-corrected chi connectivity index (χ3v) is 7.65. The maximum atomic E-state index is 13.6. The fourth-order valence-corrected chi connectivity index (χ4v) is 5.12. The average molecular weight is 593 g/mol. The fraction of sp³-hybridized carbons (Fsp3) is 0.286. The van der Waals surface area contributed by atoms with E-state index in [1.165, 1.54) is 4.90 Å². The van der Waals surface area contributed by atoms with Crippen molar-refractivity contribution in [2.75, 3.05) is 23.7 Å². The van der Waals surface area contributed by atoms with Crippen LogP contribution in [-0.4, -0.2) is 50.5 Å². The zero-order chi connectivity index (χ0) is 28.6. The molecule has 0 aliphatic carbocycles. The normalized spacial score (nSPS) is 11.9. The van der Waals surface area contributed by atoms with Gasteiger partial charge in [0.15, 0.2) is 0 Å². The van der Waals surface area contributed by atoms with Crippen molar-refractivity contribution < 1.29 is 22.7 Å². The molecule has 0 heterocycles. The Bertz CT molecular complexity index is 1390. The van der Waals surface area contributed by atoms with Crippen LogP contribution in [0.15, 0.2) is 72.8 Å². The number of benzene rings is 3. The summed E-state index contributed by atoms with van der Waals surface area (Å²) in [4.78, 5) is 27.5. The summed E-state index contributed by atoms with van der Waals surface area (Å²) in [7, 11) is -3.86. The van der Waals surface area contributed by atoms with E-state index in [1.807, 2.05) is 30.3 Å². The highest BCUT2D eigenvalue weighted by molar-refractivity contribution is 7.92. The summed E-state index contributed by atoms with van der Waals surface area (Å²) in [5.41, 5.74) is 1.84. The van der Waals surface area contributed by atoms with Crippen molar-refractivity contribution in [1.82, 2.24) is 10.2 Å². The van der Waals surface area contributed by atoms with E-state index < -0.39 is 28.5 Å². The molecule has 0 spiro atoms. The number of amides is 2. The van der Waals surface area contributed by atoms with E-state index >= 15 is 0 Å². The van der Waals surface area contributed by atoms with E-state index in [1.54, 1.807) is 56.3 Å². The number of nitrogens with zero attached hydrogens (tertiary/aromatic N) is 2. The lowest BCUT2D eigenvalue weighted by Crippen LogP contribution is -2.51. The topological polar surface area (TPSA) is 96.0 Å². The highest BCUT2D eigenvalue weighted by Gasteiger charge is 2.30. The van der Waals surface area contributed by atoms with Gasteiger partial charge < -0.3 is 15.0 Å². The summed E-state index contributed by atoms with van der Waals surface area (Å²) in [6, 6.07) is 20.0. The third kappa shape index (κ3) is 8.61. The van der Waals surface area contributed by atoms with Crippen molar-refractivity contribution >= 4 is 50.7 Å². The van der Waals surface area contributed by atoms with Crippen LogP contribution in [0, 0.1) is 0 Å². The molecule has 0 aliphatic heterocycles. The molecule has 3 aromatic rings. The minimum Gasteiger partial charge on any atom is -0.489 e. The molecule has 0 bridgehead atoms. The summed E-state index contributed by atoms with van der Waals surface area (Å²) < 4.78 is 32.3. The Kier molecular flexibility index (Phi) is 10.6. The zero-order valence-electron chi connectivity index (χ0n) is 21.9. The second-order valence-electron chi connectivity index (χ2n) is 8.87. The molecule has 0 radical (unpaired) electrons. The number of carbonyl (C=O) groups is 2.